The van der Waals surface area contributed by atoms with Crippen molar-refractivity contribution in [2.45, 2.75) is 0 Å². The van der Waals surface area contributed by atoms with Gasteiger partial charge in [0.25, 0.3) is 5.69 Å². The topological polar surface area (TPSA) is 63.4 Å². The van der Waals surface area contributed by atoms with E-state index in [2.05, 4.69) is 0 Å². The van der Waals surface area contributed by atoms with E-state index in [4.69, 9.17) is 34.8 Å². The van der Waals surface area contributed by atoms with Gasteiger partial charge in [-0.3, -0.25) is 10.1 Å². The number of non-ortho nitro benzene ring substituents is 1. The fourth-order valence-corrected chi connectivity index (χ4v) is 2.27. The Morgan fingerprint density at radius 2 is 1.76 bits per heavy atom. The summed E-state index contributed by atoms with van der Waals surface area (Å²) >= 11 is 17.5. The first-order valence-corrected chi connectivity index (χ1v) is 5.51. The molecule has 2 aromatic rings. The molecule has 2 rings (SSSR count). The summed E-state index contributed by atoms with van der Waals surface area (Å²) in [5.41, 5.74) is -0.235. The largest absolute Gasteiger partial charge is 0.506 e. The second-order valence-corrected chi connectivity index (χ2v) is 4.38. The third-order valence-electron chi connectivity index (χ3n) is 2.31. The van der Waals surface area contributed by atoms with Crippen LogP contribution in [0.2, 0.25) is 15.1 Å². The Morgan fingerprint density at radius 1 is 1.12 bits per heavy atom. The molecule has 2 aromatic carbocycles. The van der Waals surface area contributed by atoms with Crippen molar-refractivity contribution >= 4 is 51.3 Å². The van der Waals surface area contributed by atoms with Crippen LogP contribution in [0.3, 0.4) is 0 Å². The maximum atomic E-state index is 10.9. The van der Waals surface area contributed by atoms with Gasteiger partial charge in [-0.25, -0.2) is 0 Å². The lowest BCUT2D eigenvalue weighted by Crippen LogP contribution is -1.91. The highest BCUT2D eigenvalue weighted by Crippen LogP contribution is 2.46. The van der Waals surface area contributed by atoms with Crippen LogP contribution in [-0.4, -0.2) is 10.0 Å². The van der Waals surface area contributed by atoms with E-state index in [9.17, 15) is 15.2 Å². The van der Waals surface area contributed by atoms with E-state index >= 15 is 0 Å². The lowest BCUT2D eigenvalue weighted by molar-refractivity contribution is -0.383. The number of halogens is 3. The monoisotopic (exact) mass is 291 g/mol. The molecule has 88 valence electrons. The maximum absolute atomic E-state index is 10.9. The molecule has 0 saturated carbocycles. The molecule has 0 saturated heterocycles. The van der Waals surface area contributed by atoms with Crippen molar-refractivity contribution in [2.24, 2.45) is 0 Å². The first-order valence-electron chi connectivity index (χ1n) is 4.37. The smallest absolute Gasteiger partial charge is 0.278 e. The molecule has 0 aliphatic rings. The van der Waals surface area contributed by atoms with E-state index in [1.54, 1.807) is 0 Å². The summed E-state index contributed by atoms with van der Waals surface area (Å²) in [4.78, 5) is 10.3. The average molecular weight is 293 g/mol. The van der Waals surface area contributed by atoms with Gasteiger partial charge in [0.2, 0.25) is 0 Å². The molecular formula is C10H4Cl3NO3. The molecular weight excluding hydrogens is 288 g/mol. The molecule has 0 radical (unpaired) electrons. The fourth-order valence-electron chi connectivity index (χ4n) is 1.55. The number of rotatable bonds is 1. The molecule has 0 heterocycles. The summed E-state index contributed by atoms with van der Waals surface area (Å²) < 4.78 is 0. The molecule has 0 atom stereocenters. The number of nitrogens with zero attached hydrogens (tertiary/aromatic N) is 1. The zero-order chi connectivity index (χ0) is 12.7. The summed E-state index contributed by atoms with van der Waals surface area (Å²) in [6.45, 7) is 0. The van der Waals surface area contributed by atoms with Crippen LogP contribution in [0, 0.1) is 10.1 Å². The quantitative estimate of drug-likeness (QED) is 0.481. The van der Waals surface area contributed by atoms with Gasteiger partial charge < -0.3 is 5.11 Å². The van der Waals surface area contributed by atoms with Gasteiger partial charge in [0.15, 0.2) is 0 Å². The van der Waals surface area contributed by atoms with Crippen molar-refractivity contribution < 1.29 is 10.0 Å². The standard InChI is InChI=1S/C10H4Cl3NO3/c11-7-6-4(10(15)9(13)8(7)12)2-1-3-5(6)14(16)17/h1-3,15H. The van der Waals surface area contributed by atoms with Gasteiger partial charge in [-0.1, -0.05) is 46.9 Å². The Morgan fingerprint density at radius 3 is 2.35 bits per heavy atom. The Labute approximate surface area is 110 Å². The molecule has 0 spiro atoms. The number of fused-ring (bicyclic) bond motifs is 1. The van der Waals surface area contributed by atoms with Crippen LogP contribution in [0.1, 0.15) is 0 Å². The van der Waals surface area contributed by atoms with Crippen molar-refractivity contribution in [2.75, 3.05) is 0 Å². The van der Waals surface area contributed by atoms with Crippen LogP contribution < -0.4 is 0 Å². The molecule has 4 nitrogen and oxygen atoms in total. The number of nitro benzene ring substituents is 1. The highest BCUT2D eigenvalue weighted by Gasteiger charge is 2.22. The predicted molar refractivity (Wildman–Crippen MR) is 67.3 cm³/mol. The van der Waals surface area contributed by atoms with Crippen LogP contribution in [0.5, 0.6) is 5.75 Å². The molecule has 0 bridgehead atoms. The van der Waals surface area contributed by atoms with Gasteiger partial charge >= 0.3 is 0 Å². The van der Waals surface area contributed by atoms with E-state index in [0.717, 1.165) is 0 Å². The summed E-state index contributed by atoms with van der Waals surface area (Å²) in [5.74, 6) is -0.320. The van der Waals surface area contributed by atoms with Gasteiger partial charge in [0.1, 0.15) is 10.8 Å². The minimum atomic E-state index is -0.599. The van der Waals surface area contributed by atoms with Gasteiger partial charge in [-0.05, 0) is 0 Å². The third-order valence-corrected chi connectivity index (χ3v) is 3.62. The lowest BCUT2D eigenvalue weighted by Gasteiger charge is -2.08. The summed E-state index contributed by atoms with van der Waals surface area (Å²) in [5, 5.41) is 20.6. The highest BCUT2D eigenvalue weighted by atomic mass is 35.5. The number of hydrogen-bond donors (Lipinski definition) is 1. The van der Waals surface area contributed by atoms with Crippen molar-refractivity contribution in [3.8, 4) is 5.75 Å². The fraction of sp³-hybridized carbons (Fsp3) is 0. The van der Waals surface area contributed by atoms with Crippen molar-refractivity contribution in [1.82, 2.24) is 0 Å². The van der Waals surface area contributed by atoms with Crippen LogP contribution in [0.25, 0.3) is 10.8 Å². The van der Waals surface area contributed by atoms with Crippen molar-refractivity contribution in [3.05, 3.63) is 43.4 Å². The SMILES string of the molecule is O=[N+]([O-])c1cccc2c(O)c(Cl)c(Cl)c(Cl)c12. The van der Waals surface area contributed by atoms with E-state index < -0.39 is 4.92 Å². The summed E-state index contributed by atoms with van der Waals surface area (Å²) in [6.07, 6.45) is 0. The summed E-state index contributed by atoms with van der Waals surface area (Å²) in [6, 6.07) is 4.18. The van der Waals surface area contributed by atoms with Gasteiger partial charge in [0, 0.05) is 11.5 Å². The molecule has 0 unspecified atom stereocenters. The molecule has 0 aromatic heterocycles. The van der Waals surface area contributed by atoms with E-state index in [-0.39, 0.29) is 37.3 Å². The Bertz CT molecular complexity index is 642. The minimum absolute atomic E-state index is 0.0447. The first-order chi connectivity index (χ1) is 7.95. The lowest BCUT2D eigenvalue weighted by atomic mass is 10.1. The second kappa shape index (κ2) is 4.22. The van der Waals surface area contributed by atoms with Crippen LogP contribution in [-0.2, 0) is 0 Å². The number of phenols is 1. The Balaban J connectivity index is 3.06. The maximum Gasteiger partial charge on any atom is 0.278 e. The average Bonchev–Trinajstić information content (AvgIpc) is 2.32. The van der Waals surface area contributed by atoms with Gasteiger partial charge in [-0.15, -0.1) is 0 Å². The number of hydrogen-bond acceptors (Lipinski definition) is 3. The van der Waals surface area contributed by atoms with Crippen LogP contribution >= 0.6 is 34.8 Å². The van der Waals surface area contributed by atoms with E-state index in [1.807, 2.05) is 0 Å². The number of phenolic OH excluding ortho intramolecular Hbond substituents is 1. The molecule has 1 N–H and O–H groups in total. The molecule has 0 aliphatic carbocycles. The predicted octanol–water partition coefficient (Wildman–Crippen LogP) is 4.41. The molecule has 0 aliphatic heterocycles. The second-order valence-electron chi connectivity index (χ2n) is 3.25. The molecule has 7 heteroatoms. The van der Waals surface area contributed by atoms with E-state index in [0.29, 0.717) is 0 Å². The number of benzene rings is 2. The molecule has 0 amide bonds. The number of nitro groups is 1. The third kappa shape index (κ3) is 1.78. The number of aromatic hydroxyl groups is 1. The Hall–Kier alpha value is -1.23. The zero-order valence-corrected chi connectivity index (χ0v) is 10.3. The molecule has 0 fully saturated rings. The normalized spacial score (nSPS) is 10.8. The Kier molecular flexibility index (Phi) is 3.03. The van der Waals surface area contributed by atoms with Gasteiger partial charge in [-0.2, -0.15) is 0 Å². The molecule has 17 heavy (non-hydrogen) atoms. The zero-order valence-electron chi connectivity index (χ0n) is 8.08. The van der Waals surface area contributed by atoms with Crippen molar-refractivity contribution in [1.29, 1.82) is 0 Å². The van der Waals surface area contributed by atoms with Crippen molar-refractivity contribution in [3.63, 3.8) is 0 Å². The minimum Gasteiger partial charge on any atom is -0.506 e. The summed E-state index contributed by atoms with van der Waals surface area (Å²) in [7, 11) is 0. The first kappa shape index (κ1) is 12.2. The highest BCUT2D eigenvalue weighted by molar-refractivity contribution is 6.51. The van der Waals surface area contributed by atoms with Gasteiger partial charge in [0.05, 0.1) is 20.4 Å². The van der Waals surface area contributed by atoms with E-state index in [1.165, 1.54) is 18.2 Å². The van der Waals surface area contributed by atoms with Crippen LogP contribution in [0.4, 0.5) is 5.69 Å². The van der Waals surface area contributed by atoms with Crippen LogP contribution in [0.15, 0.2) is 18.2 Å².